The lowest BCUT2D eigenvalue weighted by Crippen LogP contribution is -2.27. The van der Waals surface area contributed by atoms with Crippen molar-refractivity contribution in [1.29, 1.82) is 0 Å². The molecule has 190 valence electrons. The Bertz CT molecular complexity index is 1420. The minimum absolute atomic E-state index is 0.0283. The van der Waals surface area contributed by atoms with Crippen LogP contribution in [-0.2, 0) is 11.4 Å². The zero-order chi connectivity index (χ0) is 26.7. The number of aryl methyl sites for hydroxylation is 2. The molecule has 7 nitrogen and oxygen atoms in total. The van der Waals surface area contributed by atoms with Gasteiger partial charge in [0, 0.05) is 12.1 Å². The molecule has 1 fully saturated rings. The number of nitro groups is 1. The van der Waals surface area contributed by atoms with Gasteiger partial charge in [0.05, 0.1) is 25.7 Å². The van der Waals surface area contributed by atoms with Crippen LogP contribution in [0.1, 0.15) is 29.2 Å². The van der Waals surface area contributed by atoms with Crippen LogP contribution in [0.4, 0.5) is 11.4 Å². The fourth-order valence-corrected chi connectivity index (χ4v) is 5.73. The summed E-state index contributed by atoms with van der Waals surface area (Å²) in [6.07, 6.45) is 1.81. The molecule has 0 bridgehead atoms. The van der Waals surface area contributed by atoms with Crippen molar-refractivity contribution in [3.05, 3.63) is 95.4 Å². The van der Waals surface area contributed by atoms with Crippen LogP contribution in [0, 0.1) is 27.5 Å². The predicted molar refractivity (Wildman–Crippen MR) is 159 cm³/mol. The van der Waals surface area contributed by atoms with Crippen LogP contribution in [0.5, 0.6) is 11.5 Å². The number of carbonyl (C=O) groups excluding carboxylic acids is 1. The van der Waals surface area contributed by atoms with Crippen molar-refractivity contribution in [2.75, 3.05) is 11.5 Å². The second kappa shape index (κ2) is 11.6. The molecule has 0 atom stereocenters. The molecule has 1 aliphatic rings. The first-order chi connectivity index (χ1) is 17.7. The maximum Gasteiger partial charge on any atom is 0.270 e. The highest BCUT2D eigenvalue weighted by molar-refractivity contribution is 14.1. The number of nitro benzene ring substituents is 1. The van der Waals surface area contributed by atoms with Gasteiger partial charge in [0.1, 0.15) is 6.61 Å². The Morgan fingerprint density at radius 3 is 2.46 bits per heavy atom. The van der Waals surface area contributed by atoms with Crippen LogP contribution in [-0.4, -0.2) is 21.8 Å². The third-order valence-electron chi connectivity index (χ3n) is 5.70. The average Bonchev–Trinajstić information content (AvgIpc) is 3.13. The van der Waals surface area contributed by atoms with Crippen LogP contribution in [0.3, 0.4) is 0 Å². The molecular formula is C27H23IN2O5S2. The molecule has 1 amide bonds. The number of anilines is 1. The molecule has 3 aromatic rings. The van der Waals surface area contributed by atoms with Gasteiger partial charge in [-0.3, -0.25) is 19.8 Å². The SMILES string of the molecule is CCOc1cc(/C=C2/SC(=S)N(c3ccc(C)c(C)c3)C2=O)cc(I)c1OCc1ccc([N+](=O)[O-])cc1. The quantitative estimate of drug-likeness (QED) is 0.0842. The van der Waals surface area contributed by atoms with Gasteiger partial charge in [-0.15, -0.1) is 0 Å². The van der Waals surface area contributed by atoms with Gasteiger partial charge < -0.3 is 9.47 Å². The van der Waals surface area contributed by atoms with Crippen molar-refractivity contribution < 1.29 is 19.2 Å². The van der Waals surface area contributed by atoms with E-state index in [4.69, 9.17) is 21.7 Å². The lowest BCUT2D eigenvalue weighted by Gasteiger charge is -2.16. The average molecular weight is 647 g/mol. The van der Waals surface area contributed by atoms with Gasteiger partial charge in [-0.1, -0.05) is 30.0 Å². The van der Waals surface area contributed by atoms with Gasteiger partial charge in [0.2, 0.25) is 0 Å². The van der Waals surface area contributed by atoms with E-state index in [9.17, 15) is 14.9 Å². The zero-order valence-corrected chi connectivity index (χ0v) is 24.1. The van der Waals surface area contributed by atoms with Gasteiger partial charge in [-0.05, 0) is 108 Å². The Morgan fingerprint density at radius 1 is 1.08 bits per heavy atom. The highest BCUT2D eigenvalue weighted by Gasteiger charge is 2.33. The van der Waals surface area contributed by atoms with Crippen molar-refractivity contribution >= 4 is 74.2 Å². The number of hydrogen-bond acceptors (Lipinski definition) is 7. The second-order valence-corrected chi connectivity index (χ2v) is 11.1. The Kier molecular flexibility index (Phi) is 8.50. The summed E-state index contributed by atoms with van der Waals surface area (Å²) in [6, 6.07) is 15.8. The number of thioether (sulfide) groups is 1. The summed E-state index contributed by atoms with van der Waals surface area (Å²) in [7, 11) is 0. The number of rotatable bonds is 8. The first kappa shape index (κ1) is 27.1. The van der Waals surface area contributed by atoms with E-state index in [0.717, 1.165) is 31.5 Å². The largest absolute Gasteiger partial charge is 0.490 e. The maximum absolute atomic E-state index is 13.3. The van der Waals surface area contributed by atoms with Crippen molar-refractivity contribution in [2.45, 2.75) is 27.4 Å². The smallest absolute Gasteiger partial charge is 0.270 e. The minimum atomic E-state index is -0.435. The summed E-state index contributed by atoms with van der Waals surface area (Å²) in [6.45, 7) is 6.58. The summed E-state index contributed by atoms with van der Waals surface area (Å²) < 4.78 is 13.2. The topological polar surface area (TPSA) is 81.9 Å². The van der Waals surface area contributed by atoms with E-state index >= 15 is 0 Å². The molecule has 1 heterocycles. The molecule has 0 radical (unpaired) electrons. The van der Waals surface area contributed by atoms with Crippen molar-refractivity contribution in [2.24, 2.45) is 0 Å². The fraction of sp³-hybridized carbons (Fsp3) is 0.185. The lowest BCUT2D eigenvalue weighted by atomic mass is 10.1. The van der Waals surface area contributed by atoms with Crippen LogP contribution in [0.25, 0.3) is 6.08 Å². The van der Waals surface area contributed by atoms with Gasteiger partial charge in [0.15, 0.2) is 15.8 Å². The van der Waals surface area contributed by atoms with E-state index in [-0.39, 0.29) is 18.2 Å². The predicted octanol–water partition coefficient (Wildman–Crippen LogP) is 7.20. The Balaban J connectivity index is 1.58. The zero-order valence-electron chi connectivity index (χ0n) is 20.3. The summed E-state index contributed by atoms with van der Waals surface area (Å²) in [5.74, 6) is 0.956. The molecular weight excluding hydrogens is 623 g/mol. The van der Waals surface area contributed by atoms with Gasteiger partial charge in [-0.25, -0.2) is 0 Å². The highest BCUT2D eigenvalue weighted by atomic mass is 127. The molecule has 0 aromatic heterocycles. The van der Waals surface area contributed by atoms with E-state index in [1.54, 1.807) is 17.0 Å². The molecule has 0 aliphatic carbocycles. The number of ether oxygens (including phenoxy) is 2. The number of nitrogens with zero attached hydrogens (tertiary/aromatic N) is 2. The number of benzene rings is 3. The summed E-state index contributed by atoms with van der Waals surface area (Å²) in [5, 5.41) is 10.9. The molecule has 10 heteroatoms. The molecule has 0 spiro atoms. The molecule has 1 saturated heterocycles. The van der Waals surface area contributed by atoms with Gasteiger partial charge in [-0.2, -0.15) is 0 Å². The first-order valence-corrected chi connectivity index (χ1v) is 13.7. The van der Waals surface area contributed by atoms with Crippen molar-refractivity contribution in [3.63, 3.8) is 0 Å². The van der Waals surface area contributed by atoms with Gasteiger partial charge in [0.25, 0.3) is 11.6 Å². The maximum atomic E-state index is 13.3. The normalized spacial score (nSPS) is 14.4. The van der Waals surface area contributed by atoms with Crippen LogP contribution >= 0.6 is 46.6 Å². The minimum Gasteiger partial charge on any atom is -0.490 e. The van der Waals surface area contributed by atoms with E-state index in [1.165, 1.54) is 23.9 Å². The van der Waals surface area contributed by atoms with E-state index in [1.807, 2.05) is 57.2 Å². The molecule has 0 unspecified atom stereocenters. The Morgan fingerprint density at radius 2 is 1.81 bits per heavy atom. The molecule has 4 rings (SSSR count). The summed E-state index contributed by atoms with van der Waals surface area (Å²) in [5.41, 5.74) is 4.61. The van der Waals surface area contributed by atoms with Gasteiger partial charge >= 0.3 is 0 Å². The molecule has 0 saturated carbocycles. The van der Waals surface area contributed by atoms with Crippen molar-refractivity contribution in [3.8, 4) is 11.5 Å². The first-order valence-electron chi connectivity index (χ1n) is 11.4. The summed E-state index contributed by atoms with van der Waals surface area (Å²) in [4.78, 5) is 25.8. The summed E-state index contributed by atoms with van der Waals surface area (Å²) >= 11 is 8.97. The number of amides is 1. The molecule has 0 N–H and O–H groups in total. The number of non-ortho nitro benzene ring substituents is 1. The molecule has 37 heavy (non-hydrogen) atoms. The fourth-order valence-electron chi connectivity index (χ4n) is 3.65. The van der Waals surface area contributed by atoms with Crippen molar-refractivity contribution in [1.82, 2.24) is 0 Å². The second-order valence-electron chi connectivity index (χ2n) is 8.26. The number of hydrogen-bond donors (Lipinski definition) is 0. The molecule has 1 aliphatic heterocycles. The standard InChI is InChI=1S/C27H23IN2O5S2/c1-4-34-23-13-19(12-22(28)25(23)35-15-18-6-9-20(10-7-18)30(32)33)14-24-26(31)29(27(36)37-24)21-8-5-16(2)17(3)11-21/h5-14H,4,15H2,1-3H3/b24-14+. The third kappa shape index (κ3) is 6.13. The number of halogens is 1. The van der Waals surface area contributed by atoms with Crippen LogP contribution in [0.2, 0.25) is 0 Å². The monoisotopic (exact) mass is 646 g/mol. The molecule has 3 aromatic carbocycles. The van der Waals surface area contributed by atoms with Crippen LogP contribution < -0.4 is 14.4 Å². The number of thiocarbonyl (C=S) groups is 1. The van der Waals surface area contributed by atoms with E-state index in [2.05, 4.69) is 22.6 Å². The Hall–Kier alpha value is -2.96. The van der Waals surface area contributed by atoms with E-state index < -0.39 is 4.92 Å². The van der Waals surface area contributed by atoms with E-state index in [0.29, 0.717) is 27.3 Å². The Labute approximate surface area is 238 Å². The highest BCUT2D eigenvalue weighted by Crippen LogP contribution is 2.39. The van der Waals surface area contributed by atoms with Crippen LogP contribution in [0.15, 0.2) is 59.5 Å². The lowest BCUT2D eigenvalue weighted by molar-refractivity contribution is -0.384. The third-order valence-corrected chi connectivity index (χ3v) is 7.81. The number of carbonyl (C=O) groups is 1.